The van der Waals surface area contributed by atoms with Gasteiger partial charge in [-0.3, -0.25) is 4.90 Å². The second kappa shape index (κ2) is 6.33. The Bertz CT molecular complexity index is 312. The van der Waals surface area contributed by atoms with Crippen LogP contribution in [0.25, 0.3) is 0 Å². The minimum atomic E-state index is 0.372. The Morgan fingerprint density at radius 2 is 2.10 bits per heavy atom. The molecule has 0 bridgehead atoms. The molecule has 3 fully saturated rings. The monoisotopic (exact) mass is 280 g/mol. The first-order chi connectivity index (χ1) is 9.69. The third-order valence-electron chi connectivity index (χ3n) is 5.73. The molecular formula is C17H32N2O. The van der Waals surface area contributed by atoms with Crippen molar-refractivity contribution in [2.45, 2.75) is 64.5 Å². The van der Waals surface area contributed by atoms with E-state index in [1.165, 1.54) is 51.6 Å². The van der Waals surface area contributed by atoms with Gasteiger partial charge >= 0.3 is 0 Å². The molecular weight excluding hydrogens is 248 g/mol. The molecule has 0 amide bonds. The predicted molar refractivity (Wildman–Crippen MR) is 82.9 cm³/mol. The van der Waals surface area contributed by atoms with E-state index in [1.54, 1.807) is 0 Å². The standard InChI is InChI=1S/C17H32N2O/c1-14(2)18-11-17(8-10-20-13-17)12-19-9-7-15-5-3-4-6-16(15)19/h14-16,18H,3-13H2,1-2H3. The quantitative estimate of drug-likeness (QED) is 0.838. The maximum Gasteiger partial charge on any atom is 0.0547 e. The summed E-state index contributed by atoms with van der Waals surface area (Å²) in [6, 6.07) is 1.47. The predicted octanol–water partition coefficient (Wildman–Crippen LogP) is 2.66. The van der Waals surface area contributed by atoms with Gasteiger partial charge in [0.2, 0.25) is 0 Å². The Morgan fingerprint density at radius 3 is 2.85 bits per heavy atom. The second-order valence-corrected chi connectivity index (χ2v) is 7.71. The molecule has 2 aliphatic heterocycles. The van der Waals surface area contributed by atoms with E-state index in [-0.39, 0.29) is 0 Å². The minimum Gasteiger partial charge on any atom is -0.381 e. The van der Waals surface area contributed by atoms with Crippen molar-refractivity contribution >= 4 is 0 Å². The van der Waals surface area contributed by atoms with Crippen LogP contribution in [0.3, 0.4) is 0 Å². The van der Waals surface area contributed by atoms with Gasteiger partial charge in [0, 0.05) is 37.2 Å². The number of fused-ring (bicyclic) bond motifs is 1. The van der Waals surface area contributed by atoms with Crippen LogP contribution in [0.1, 0.15) is 52.4 Å². The molecule has 1 aliphatic carbocycles. The van der Waals surface area contributed by atoms with Gasteiger partial charge in [-0.1, -0.05) is 26.7 Å². The number of likely N-dealkylation sites (tertiary alicyclic amines) is 1. The van der Waals surface area contributed by atoms with E-state index in [2.05, 4.69) is 24.1 Å². The molecule has 0 radical (unpaired) electrons. The van der Waals surface area contributed by atoms with Crippen molar-refractivity contribution in [2.24, 2.45) is 11.3 Å². The second-order valence-electron chi connectivity index (χ2n) is 7.71. The molecule has 0 aromatic carbocycles. The van der Waals surface area contributed by atoms with Crippen molar-refractivity contribution in [3.63, 3.8) is 0 Å². The van der Waals surface area contributed by atoms with Gasteiger partial charge in [-0.05, 0) is 38.1 Å². The first-order valence-electron chi connectivity index (χ1n) is 8.74. The van der Waals surface area contributed by atoms with E-state index < -0.39 is 0 Å². The maximum atomic E-state index is 5.77. The van der Waals surface area contributed by atoms with Crippen LogP contribution >= 0.6 is 0 Å². The largest absolute Gasteiger partial charge is 0.381 e. The van der Waals surface area contributed by atoms with Gasteiger partial charge in [-0.25, -0.2) is 0 Å². The molecule has 3 nitrogen and oxygen atoms in total. The minimum absolute atomic E-state index is 0.372. The molecule has 1 saturated carbocycles. The van der Waals surface area contributed by atoms with Crippen LogP contribution in [-0.2, 0) is 4.74 Å². The van der Waals surface area contributed by atoms with Crippen molar-refractivity contribution < 1.29 is 4.74 Å². The lowest BCUT2D eigenvalue weighted by molar-refractivity contribution is 0.0859. The van der Waals surface area contributed by atoms with E-state index in [4.69, 9.17) is 4.74 Å². The molecule has 0 aromatic rings. The Labute approximate surface area is 124 Å². The van der Waals surface area contributed by atoms with Gasteiger partial charge in [0.25, 0.3) is 0 Å². The number of ether oxygens (including phenoxy) is 1. The highest BCUT2D eigenvalue weighted by atomic mass is 16.5. The summed E-state index contributed by atoms with van der Waals surface area (Å²) in [5.41, 5.74) is 0.372. The Balaban J connectivity index is 1.61. The number of rotatable bonds is 5. The van der Waals surface area contributed by atoms with E-state index in [0.717, 1.165) is 31.7 Å². The van der Waals surface area contributed by atoms with Crippen LogP contribution in [0.4, 0.5) is 0 Å². The average Bonchev–Trinajstić information content (AvgIpc) is 3.06. The maximum absolute atomic E-state index is 5.77. The van der Waals surface area contributed by atoms with Crippen LogP contribution in [0.5, 0.6) is 0 Å². The summed E-state index contributed by atoms with van der Waals surface area (Å²) >= 11 is 0. The first-order valence-corrected chi connectivity index (χ1v) is 8.74. The van der Waals surface area contributed by atoms with Crippen LogP contribution in [-0.4, -0.2) is 49.8 Å². The molecule has 3 atom stereocenters. The van der Waals surface area contributed by atoms with Gasteiger partial charge in [0.15, 0.2) is 0 Å². The molecule has 0 spiro atoms. The third kappa shape index (κ3) is 3.20. The van der Waals surface area contributed by atoms with Gasteiger partial charge in [0.1, 0.15) is 0 Å². The molecule has 3 unspecified atom stereocenters. The highest BCUT2D eigenvalue weighted by molar-refractivity contribution is 4.96. The molecule has 0 aromatic heterocycles. The topological polar surface area (TPSA) is 24.5 Å². The normalized spacial score (nSPS) is 38.5. The number of hydrogen-bond acceptors (Lipinski definition) is 3. The number of hydrogen-bond donors (Lipinski definition) is 1. The smallest absolute Gasteiger partial charge is 0.0547 e. The summed E-state index contributed by atoms with van der Waals surface area (Å²) in [7, 11) is 0. The first kappa shape index (κ1) is 14.8. The zero-order chi connectivity index (χ0) is 14.0. The Morgan fingerprint density at radius 1 is 1.25 bits per heavy atom. The molecule has 3 rings (SSSR count). The molecule has 116 valence electrons. The molecule has 2 heterocycles. The van der Waals surface area contributed by atoms with Crippen LogP contribution < -0.4 is 5.32 Å². The molecule has 20 heavy (non-hydrogen) atoms. The zero-order valence-electron chi connectivity index (χ0n) is 13.4. The summed E-state index contributed by atoms with van der Waals surface area (Å²) in [4.78, 5) is 2.82. The van der Waals surface area contributed by atoms with Crippen molar-refractivity contribution in [3.05, 3.63) is 0 Å². The average molecular weight is 280 g/mol. The number of nitrogens with zero attached hydrogens (tertiary/aromatic N) is 1. The molecule has 3 aliphatic rings. The summed E-state index contributed by atoms with van der Waals surface area (Å²) in [5.74, 6) is 1.00. The van der Waals surface area contributed by atoms with Crippen LogP contribution in [0.2, 0.25) is 0 Å². The van der Waals surface area contributed by atoms with E-state index >= 15 is 0 Å². The van der Waals surface area contributed by atoms with Crippen molar-refractivity contribution in [1.82, 2.24) is 10.2 Å². The summed E-state index contributed by atoms with van der Waals surface area (Å²) in [5, 5.41) is 3.67. The van der Waals surface area contributed by atoms with E-state index in [1.807, 2.05) is 0 Å². The lowest BCUT2D eigenvalue weighted by atomic mass is 9.83. The zero-order valence-corrected chi connectivity index (χ0v) is 13.4. The van der Waals surface area contributed by atoms with Gasteiger partial charge in [0.05, 0.1) is 6.61 Å². The summed E-state index contributed by atoms with van der Waals surface area (Å²) in [6.07, 6.45) is 8.53. The molecule has 1 N–H and O–H groups in total. The third-order valence-corrected chi connectivity index (χ3v) is 5.73. The summed E-state index contributed by atoms with van der Waals surface area (Å²) in [6.45, 7) is 10.1. The van der Waals surface area contributed by atoms with Gasteiger partial charge < -0.3 is 10.1 Å². The fourth-order valence-electron chi connectivity index (χ4n) is 4.52. The van der Waals surface area contributed by atoms with Gasteiger partial charge in [-0.2, -0.15) is 0 Å². The summed E-state index contributed by atoms with van der Waals surface area (Å²) < 4.78 is 5.77. The SMILES string of the molecule is CC(C)NCC1(CN2CCC3CCCCC32)CCOC1. The van der Waals surface area contributed by atoms with E-state index in [9.17, 15) is 0 Å². The fraction of sp³-hybridized carbons (Fsp3) is 1.00. The highest BCUT2D eigenvalue weighted by Gasteiger charge is 2.42. The lowest BCUT2D eigenvalue weighted by Crippen LogP contribution is -2.48. The van der Waals surface area contributed by atoms with Crippen LogP contribution in [0.15, 0.2) is 0 Å². The highest BCUT2D eigenvalue weighted by Crippen LogP contribution is 2.39. The van der Waals surface area contributed by atoms with Crippen molar-refractivity contribution in [2.75, 3.05) is 32.8 Å². The Hall–Kier alpha value is -0.120. The van der Waals surface area contributed by atoms with Crippen molar-refractivity contribution in [3.8, 4) is 0 Å². The lowest BCUT2D eigenvalue weighted by Gasteiger charge is -2.38. The fourth-order valence-corrected chi connectivity index (χ4v) is 4.52. The van der Waals surface area contributed by atoms with Crippen LogP contribution in [0, 0.1) is 11.3 Å². The number of nitrogens with one attached hydrogen (secondary N) is 1. The van der Waals surface area contributed by atoms with Gasteiger partial charge in [-0.15, -0.1) is 0 Å². The van der Waals surface area contributed by atoms with E-state index in [0.29, 0.717) is 11.5 Å². The molecule has 2 saturated heterocycles. The Kier molecular flexibility index (Phi) is 4.68. The molecule has 3 heteroatoms. The van der Waals surface area contributed by atoms with Crippen molar-refractivity contribution in [1.29, 1.82) is 0 Å².